The van der Waals surface area contributed by atoms with E-state index in [1.54, 1.807) is 30.1 Å². The third-order valence-corrected chi connectivity index (χ3v) is 7.25. The van der Waals surface area contributed by atoms with E-state index >= 15 is 0 Å². The first kappa shape index (κ1) is 27.1. The molecule has 1 fully saturated rings. The molecule has 0 saturated carbocycles. The minimum atomic E-state index is -0.229. The molecule has 3 aromatic carbocycles. The van der Waals surface area contributed by atoms with Gasteiger partial charge in [0.15, 0.2) is 0 Å². The summed E-state index contributed by atoms with van der Waals surface area (Å²) in [5.74, 6) is -0.366. The van der Waals surface area contributed by atoms with Crippen LogP contribution in [-0.4, -0.2) is 74.3 Å². The molecular formula is C31H34N6O3. The molecule has 2 aliphatic rings. The number of rotatable bonds is 7. The van der Waals surface area contributed by atoms with Gasteiger partial charge in [0.05, 0.1) is 17.8 Å². The zero-order valence-electron chi connectivity index (χ0n) is 23.0. The second kappa shape index (κ2) is 11.7. The van der Waals surface area contributed by atoms with Crippen LogP contribution in [0.15, 0.2) is 72.8 Å². The molecule has 0 spiro atoms. The quantitative estimate of drug-likeness (QED) is 0.396. The van der Waals surface area contributed by atoms with Gasteiger partial charge in [-0.2, -0.15) is 0 Å². The van der Waals surface area contributed by atoms with Gasteiger partial charge in [0.1, 0.15) is 0 Å². The maximum Gasteiger partial charge on any atom is 0.258 e. The lowest BCUT2D eigenvalue weighted by Gasteiger charge is -2.32. The molecule has 0 aromatic heterocycles. The highest BCUT2D eigenvalue weighted by Crippen LogP contribution is 2.39. The van der Waals surface area contributed by atoms with Crippen LogP contribution in [0.4, 0.5) is 22.7 Å². The van der Waals surface area contributed by atoms with Crippen molar-refractivity contribution in [2.75, 3.05) is 67.7 Å². The lowest BCUT2D eigenvalue weighted by molar-refractivity contribution is -0.120. The van der Waals surface area contributed by atoms with Crippen LogP contribution < -0.4 is 20.9 Å². The van der Waals surface area contributed by atoms with Crippen molar-refractivity contribution in [1.82, 2.24) is 9.80 Å². The zero-order valence-corrected chi connectivity index (χ0v) is 23.0. The van der Waals surface area contributed by atoms with E-state index in [-0.39, 0.29) is 17.7 Å². The number of amides is 3. The van der Waals surface area contributed by atoms with Crippen LogP contribution in [0.2, 0.25) is 0 Å². The average Bonchev–Trinajstić information content (AvgIpc) is 3.27. The molecule has 206 valence electrons. The molecule has 0 unspecified atom stereocenters. The number of likely N-dealkylation sites (N-methyl/N-ethyl adjacent to an activating group) is 2. The summed E-state index contributed by atoms with van der Waals surface area (Å²) < 4.78 is 0. The number of anilines is 4. The van der Waals surface area contributed by atoms with Gasteiger partial charge in [0.2, 0.25) is 11.8 Å². The van der Waals surface area contributed by atoms with Gasteiger partial charge < -0.3 is 25.8 Å². The average molecular weight is 539 g/mol. The Morgan fingerprint density at radius 3 is 2.25 bits per heavy atom. The Bertz CT molecular complexity index is 1440. The molecule has 2 heterocycles. The van der Waals surface area contributed by atoms with E-state index in [1.165, 1.54) is 6.92 Å². The van der Waals surface area contributed by atoms with Crippen molar-refractivity contribution in [3.8, 4) is 0 Å². The summed E-state index contributed by atoms with van der Waals surface area (Å²) in [4.78, 5) is 43.9. The highest BCUT2D eigenvalue weighted by molar-refractivity contribution is 6.37. The molecular weight excluding hydrogens is 504 g/mol. The highest BCUT2D eigenvalue weighted by atomic mass is 16.2. The van der Waals surface area contributed by atoms with Crippen molar-refractivity contribution < 1.29 is 14.4 Å². The summed E-state index contributed by atoms with van der Waals surface area (Å²) in [5.41, 5.74) is 5.53. The molecule has 3 amide bonds. The van der Waals surface area contributed by atoms with Crippen LogP contribution in [0.25, 0.3) is 11.3 Å². The van der Waals surface area contributed by atoms with E-state index in [4.69, 9.17) is 0 Å². The van der Waals surface area contributed by atoms with Crippen LogP contribution in [0.3, 0.4) is 0 Å². The molecule has 0 atom stereocenters. The fourth-order valence-electron chi connectivity index (χ4n) is 4.94. The molecule has 40 heavy (non-hydrogen) atoms. The molecule has 9 nitrogen and oxygen atoms in total. The molecule has 3 aromatic rings. The molecule has 0 bridgehead atoms. The predicted octanol–water partition coefficient (Wildman–Crippen LogP) is 3.79. The van der Waals surface area contributed by atoms with Crippen molar-refractivity contribution in [2.45, 2.75) is 6.92 Å². The number of carbonyl (C=O) groups is 3. The fourth-order valence-corrected chi connectivity index (χ4v) is 4.94. The van der Waals surface area contributed by atoms with Gasteiger partial charge in [-0.1, -0.05) is 30.3 Å². The van der Waals surface area contributed by atoms with E-state index in [9.17, 15) is 14.4 Å². The maximum atomic E-state index is 13.2. The second-order valence-electron chi connectivity index (χ2n) is 10.2. The molecule has 5 rings (SSSR count). The Kier molecular flexibility index (Phi) is 7.95. The summed E-state index contributed by atoms with van der Waals surface area (Å²) in [6.07, 6.45) is 0. The van der Waals surface area contributed by atoms with Gasteiger partial charge in [0, 0.05) is 68.5 Å². The summed E-state index contributed by atoms with van der Waals surface area (Å²) >= 11 is 0. The van der Waals surface area contributed by atoms with Crippen LogP contribution in [0, 0.1) is 0 Å². The van der Waals surface area contributed by atoms with E-state index in [1.807, 2.05) is 54.6 Å². The summed E-state index contributed by atoms with van der Waals surface area (Å²) in [6, 6.07) is 22.6. The summed E-state index contributed by atoms with van der Waals surface area (Å²) in [5, 5.41) is 9.18. The monoisotopic (exact) mass is 538 g/mol. The lowest BCUT2D eigenvalue weighted by Crippen LogP contribution is -2.48. The third kappa shape index (κ3) is 6.06. The highest BCUT2D eigenvalue weighted by Gasteiger charge is 2.29. The smallest absolute Gasteiger partial charge is 0.258 e. The molecule has 3 N–H and O–H groups in total. The van der Waals surface area contributed by atoms with Gasteiger partial charge >= 0.3 is 0 Å². The predicted molar refractivity (Wildman–Crippen MR) is 160 cm³/mol. The number of nitrogens with zero attached hydrogens (tertiary/aromatic N) is 3. The Balaban J connectivity index is 1.41. The lowest BCUT2D eigenvalue weighted by atomic mass is 9.99. The standard InChI is InChI=1S/C31H34N6O3/c1-21(38)32-24-11-14-27-26(19-24)29(31(40)34-27)30(22-7-5-4-6-8-22)33-23-9-12-25(13-10-23)36(3)28(39)20-37-17-15-35(2)16-18-37/h4-14,19,33H,15-18,20H2,1-3H3,(H,32,38)(H,34,40)/b30-29-. The first-order valence-electron chi connectivity index (χ1n) is 13.4. The normalized spacial score (nSPS) is 16.6. The molecule has 9 heteroatoms. The molecule has 2 aliphatic heterocycles. The number of piperazine rings is 1. The van der Waals surface area contributed by atoms with Crippen LogP contribution in [0.1, 0.15) is 18.1 Å². The maximum absolute atomic E-state index is 13.2. The SMILES string of the molecule is CC(=O)Nc1ccc2c(c1)/C(=C(/Nc1ccc(N(C)C(=O)CN3CCN(C)CC3)cc1)c1ccccc1)C(=O)N2. The van der Waals surface area contributed by atoms with Crippen molar-refractivity contribution in [2.24, 2.45) is 0 Å². The third-order valence-electron chi connectivity index (χ3n) is 7.25. The van der Waals surface area contributed by atoms with Crippen molar-refractivity contribution in [3.63, 3.8) is 0 Å². The molecule has 1 saturated heterocycles. The molecule has 0 aliphatic carbocycles. The zero-order chi connectivity index (χ0) is 28.2. The van der Waals surface area contributed by atoms with Gasteiger partial charge in [-0.25, -0.2) is 0 Å². The number of hydrogen-bond donors (Lipinski definition) is 3. The number of benzene rings is 3. The minimum Gasteiger partial charge on any atom is -0.354 e. The Morgan fingerprint density at radius 1 is 0.900 bits per heavy atom. The topological polar surface area (TPSA) is 97.0 Å². The first-order chi connectivity index (χ1) is 19.3. The molecule has 0 radical (unpaired) electrons. The van der Waals surface area contributed by atoms with Gasteiger partial charge in [-0.3, -0.25) is 19.3 Å². The van der Waals surface area contributed by atoms with Crippen LogP contribution in [-0.2, 0) is 14.4 Å². The van der Waals surface area contributed by atoms with E-state index in [0.717, 1.165) is 43.1 Å². The Morgan fingerprint density at radius 2 is 1.57 bits per heavy atom. The van der Waals surface area contributed by atoms with Crippen LogP contribution >= 0.6 is 0 Å². The van der Waals surface area contributed by atoms with Crippen molar-refractivity contribution >= 4 is 51.7 Å². The number of fused-ring (bicyclic) bond motifs is 1. The van der Waals surface area contributed by atoms with Crippen molar-refractivity contribution in [3.05, 3.63) is 83.9 Å². The first-order valence-corrected chi connectivity index (χ1v) is 13.4. The van der Waals surface area contributed by atoms with Crippen LogP contribution in [0.5, 0.6) is 0 Å². The Labute approximate surface area is 234 Å². The van der Waals surface area contributed by atoms with Crippen molar-refractivity contribution in [1.29, 1.82) is 0 Å². The number of carbonyl (C=O) groups excluding carboxylic acids is 3. The Hall–Kier alpha value is -4.47. The van der Waals surface area contributed by atoms with E-state index in [2.05, 4.69) is 32.8 Å². The fraction of sp³-hybridized carbons (Fsp3) is 0.258. The van der Waals surface area contributed by atoms with Gasteiger partial charge in [0.25, 0.3) is 5.91 Å². The minimum absolute atomic E-state index is 0.0477. The number of nitrogens with one attached hydrogen (secondary N) is 3. The van der Waals surface area contributed by atoms with Gasteiger partial charge in [-0.05, 0) is 55.1 Å². The second-order valence-corrected chi connectivity index (χ2v) is 10.2. The largest absolute Gasteiger partial charge is 0.354 e. The number of hydrogen-bond acceptors (Lipinski definition) is 6. The van der Waals surface area contributed by atoms with E-state index < -0.39 is 0 Å². The summed E-state index contributed by atoms with van der Waals surface area (Å²) in [7, 11) is 3.89. The van der Waals surface area contributed by atoms with Gasteiger partial charge in [-0.15, -0.1) is 0 Å². The summed E-state index contributed by atoms with van der Waals surface area (Å²) in [6.45, 7) is 5.55. The van der Waals surface area contributed by atoms with E-state index in [0.29, 0.717) is 34.8 Å².